The first-order valence-corrected chi connectivity index (χ1v) is 10.8. The van der Waals surface area contributed by atoms with E-state index in [0.29, 0.717) is 19.5 Å². The van der Waals surface area contributed by atoms with Crippen LogP contribution in [0.4, 0.5) is 5.69 Å². The number of carboxylic acids is 1. The molecule has 1 saturated carbocycles. The number of benzene rings is 1. The molecule has 1 aliphatic carbocycles. The van der Waals surface area contributed by atoms with Gasteiger partial charge in [-0.15, -0.1) is 0 Å². The van der Waals surface area contributed by atoms with Crippen molar-refractivity contribution in [1.82, 2.24) is 10.2 Å². The van der Waals surface area contributed by atoms with Gasteiger partial charge in [0.1, 0.15) is 6.04 Å². The van der Waals surface area contributed by atoms with E-state index in [1.807, 2.05) is 4.90 Å². The molecule has 1 amide bonds. The summed E-state index contributed by atoms with van der Waals surface area (Å²) in [6.45, 7) is 10.2. The summed E-state index contributed by atoms with van der Waals surface area (Å²) < 4.78 is 0. The fourth-order valence-electron chi connectivity index (χ4n) is 4.73. The number of carbonyl (C=O) groups excluding carboxylic acids is 1. The van der Waals surface area contributed by atoms with Crippen LogP contribution in [0.3, 0.4) is 0 Å². The van der Waals surface area contributed by atoms with E-state index in [1.54, 1.807) is 0 Å². The van der Waals surface area contributed by atoms with Crippen LogP contribution in [0.25, 0.3) is 0 Å². The van der Waals surface area contributed by atoms with Crippen molar-refractivity contribution in [2.24, 2.45) is 11.3 Å². The predicted molar refractivity (Wildman–Crippen MR) is 113 cm³/mol. The van der Waals surface area contributed by atoms with Gasteiger partial charge in [0.15, 0.2) is 0 Å². The average Bonchev–Trinajstić information content (AvgIpc) is 3.45. The highest BCUT2D eigenvalue weighted by atomic mass is 16.4. The number of nitrogens with one attached hydrogen (secondary N) is 1. The number of amides is 1. The van der Waals surface area contributed by atoms with Crippen LogP contribution in [0.1, 0.15) is 45.6 Å². The monoisotopic (exact) mass is 399 g/mol. The molecular formula is C23H33N3O3. The zero-order chi connectivity index (χ0) is 20.8. The van der Waals surface area contributed by atoms with Crippen molar-refractivity contribution in [3.05, 3.63) is 29.8 Å². The number of carbonyl (C=O) groups is 2. The average molecular weight is 400 g/mol. The summed E-state index contributed by atoms with van der Waals surface area (Å²) in [4.78, 5) is 29.0. The quantitative estimate of drug-likeness (QED) is 0.817. The van der Waals surface area contributed by atoms with E-state index in [-0.39, 0.29) is 16.7 Å². The van der Waals surface area contributed by atoms with Crippen LogP contribution >= 0.6 is 0 Å². The summed E-state index contributed by atoms with van der Waals surface area (Å²) in [6, 6.07) is 8.11. The molecule has 6 heteroatoms. The van der Waals surface area contributed by atoms with E-state index < -0.39 is 17.9 Å². The minimum Gasteiger partial charge on any atom is -0.481 e. The van der Waals surface area contributed by atoms with Gasteiger partial charge in [-0.25, -0.2) is 0 Å². The lowest BCUT2D eigenvalue weighted by atomic mass is 9.82. The number of anilines is 1. The van der Waals surface area contributed by atoms with E-state index in [2.05, 4.69) is 55.3 Å². The SMILES string of the molecule is CC(C)(C)c1ccc(N2CCN(C(=O)C3NCC4(CC4)CC3C(=O)O)CC2)cc1. The van der Waals surface area contributed by atoms with Gasteiger partial charge < -0.3 is 20.2 Å². The van der Waals surface area contributed by atoms with E-state index in [9.17, 15) is 14.7 Å². The van der Waals surface area contributed by atoms with Crippen molar-refractivity contribution in [2.45, 2.75) is 51.5 Å². The van der Waals surface area contributed by atoms with Gasteiger partial charge in [0, 0.05) is 38.4 Å². The molecule has 29 heavy (non-hydrogen) atoms. The topological polar surface area (TPSA) is 72.9 Å². The van der Waals surface area contributed by atoms with Crippen molar-refractivity contribution < 1.29 is 14.7 Å². The van der Waals surface area contributed by atoms with Gasteiger partial charge in [-0.2, -0.15) is 0 Å². The molecule has 0 aromatic heterocycles. The van der Waals surface area contributed by atoms with Gasteiger partial charge in [0.25, 0.3) is 0 Å². The van der Waals surface area contributed by atoms with Gasteiger partial charge in [0.05, 0.1) is 5.92 Å². The van der Waals surface area contributed by atoms with Gasteiger partial charge in [-0.1, -0.05) is 32.9 Å². The number of piperidine rings is 1. The highest BCUT2D eigenvalue weighted by molar-refractivity contribution is 5.88. The minimum atomic E-state index is -0.848. The fourth-order valence-corrected chi connectivity index (χ4v) is 4.73. The Kier molecular flexibility index (Phi) is 5.09. The molecule has 1 aromatic rings. The maximum Gasteiger partial charge on any atom is 0.308 e. The van der Waals surface area contributed by atoms with Crippen molar-refractivity contribution in [1.29, 1.82) is 0 Å². The van der Waals surface area contributed by atoms with Gasteiger partial charge in [-0.3, -0.25) is 9.59 Å². The highest BCUT2D eigenvalue weighted by Crippen LogP contribution is 2.52. The number of carboxylic acid groups (broad SMARTS) is 1. The minimum absolute atomic E-state index is 0.0457. The number of hydrogen-bond donors (Lipinski definition) is 2. The number of hydrogen-bond acceptors (Lipinski definition) is 4. The molecule has 3 fully saturated rings. The summed E-state index contributed by atoms with van der Waals surface area (Å²) in [6.07, 6.45) is 2.79. The largest absolute Gasteiger partial charge is 0.481 e. The third-order valence-corrected chi connectivity index (χ3v) is 6.98. The Balaban J connectivity index is 1.36. The van der Waals surface area contributed by atoms with Crippen LogP contribution in [0.2, 0.25) is 0 Å². The molecule has 4 rings (SSSR count). The highest BCUT2D eigenvalue weighted by Gasteiger charge is 2.52. The standard InChI is InChI=1S/C23H33N3O3/c1-22(2,3)16-4-6-17(7-5-16)25-10-12-26(13-11-25)20(27)19-18(21(28)29)14-23(8-9-23)15-24-19/h4-7,18-19,24H,8-15H2,1-3H3,(H,28,29). The molecule has 3 aliphatic rings. The maximum atomic E-state index is 13.1. The smallest absolute Gasteiger partial charge is 0.308 e. The molecule has 158 valence electrons. The number of rotatable bonds is 3. The molecule has 2 atom stereocenters. The van der Waals surface area contributed by atoms with Crippen LogP contribution < -0.4 is 10.2 Å². The van der Waals surface area contributed by atoms with Crippen LogP contribution in [0.5, 0.6) is 0 Å². The maximum absolute atomic E-state index is 13.1. The van der Waals surface area contributed by atoms with Crippen molar-refractivity contribution in [3.8, 4) is 0 Å². The van der Waals surface area contributed by atoms with Crippen LogP contribution in [0.15, 0.2) is 24.3 Å². The number of nitrogens with zero attached hydrogens (tertiary/aromatic N) is 2. The van der Waals surface area contributed by atoms with Crippen molar-refractivity contribution >= 4 is 17.6 Å². The normalized spacial score (nSPS) is 26.4. The van der Waals surface area contributed by atoms with Crippen LogP contribution in [0, 0.1) is 11.3 Å². The molecule has 1 aromatic carbocycles. The Morgan fingerprint density at radius 2 is 1.69 bits per heavy atom. The van der Waals surface area contributed by atoms with Crippen LogP contribution in [-0.2, 0) is 15.0 Å². The first-order chi connectivity index (χ1) is 13.7. The molecule has 1 spiro atoms. The first kappa shape index (κ1) is 20.2. The van der Waals surface area contributed by atoms with E-state index in [4.69, 9.17) is 0 Å². The molecule has 2 aliphatic heterocycles. The third kappa shape index (κ3) is 4.13. The molecule has 2 unspecified atom stereocenters. The van der Waals surface area contributed by atoms with E-state index in [0.717, 1.165) is 32.5 Å². The predicted octanol–water partition coefficient (Wildman–Crippen LogP) is 2.48. The Labute approximate surface area is 173 Å². The second-order valence-electron chi connectivity index (χ2n) is 10.1. The second-order valence-corrected chi connectivity index (χ2v) is 10.1. The molecular weight excluding hydrogens is 366 g/mol. The van der Waals surface area contributed by atoms with E-state index >= 15 is 0 Å². The molecule has 2 saturated heterocycles. The zero-order valence-corrected chi connectivity index (χ0v) is 17.8. The summed E-state index contributed by atoms with van der Waals surface area (Å²) in [5, 5.41) is 12.9. The lowest BCUT2D eigenvalue weighted by Crippen LogP contribution is -2.60. The van der Waals surface area contributed by atoms with Gasteiger partial charge in [0.2, 0.25) is 5.91 Å². The third-order valence-electron chi connectivity index (χ3n) is 6.98. The molecule has 2 heterocycles. The zero-order valence-electron chi connectivity index (χ0n) is 17.8. The summed E-state index contributed by atoms with van der Waals surface area (Å²) in [5.74, 6) is -1.50. The Hall–Kier alpha value is -2.08. The van der Waals surface area contributed by atoms with Gasteiger partial charge >= 0.3 is 5.97 Å². The Bertz CT molecular complexity index is 772. The number of piperazine rings is 1. The fraction of sp³-hybridized carbons (Fsp3) is 0.652. The molecule has 6 nitrogen and oxygen atoms in total. The Morgan fingerprint density at radius 3 is 2.21 bits per heavy atom. The molecule has 2 N–H and O–H groups in total. The van der Waals surface area contributed by atoms with Gasteiger partial charge in [-0.05, 0) is 47.8 Å². The lowest BCUT2D eigenvalue weighted by molar-refractivity contribution is -0.150. The lowest BCUT2D eigenvalue weighted by Gasteiger charge is -2.41. The summed E-state index contributed by atoms with van der Waals surface area (Å²) in [7, 11) is 0. The van der Waals surface area contributed by atoms with Crippen LogP contribution in [-0.4, -0.2) is 60.6 Å². The second kappa shape index (κ2) is 7.31. The van der Waals surface area contributed by atoms with Crippen molar-refractivity contribution in [2.75, 3.05) is 37.6 Å². The van der Waals surface area contributed by atoms with E-state index in [1.165, 1.54) is 11.3 Å². The summed E-state index contributed by atoms with van der Waals surface area (Å²) in [5.41, 5.74) is 2.76. The number of aliphatic carboxylic acids is 1. The molecule has 0 radical (unpaired) electrons. The first-order valence-electron chi connectivity index (χ1n) is 10.8. The summed E-state index contributed by atoms with van der Waals surface area (Å²) >= 11 is 0. The Morgan fingerprint density at radius 1 is 1.07 bits per heavy atom. The van der Waals surface area contributed by atoms with Crippen molar-refractivity contribution in [3.63, 3.8) is 0 Å². The molecule has 0 bridgehead atoms.